The van der Waals surface area contributed by atoms with Gasteiger partial charge in [0.05, 0.1) is 71.4 Å². The number of carbonyl (C=O) groups is 1. The van der Waals surface area contributed by atoms with Crippen LogP contribution in [0, 0.1) is 0 Å². The summed E-state index contributed by atoms with van der Waals surface area (Å²) in [5, 5.41) is 12.1. The quantitative estimate of drug-likeness (QED) is 0.0301. The lowest BCUT2D eigenvalue weighted by Crippen LogP contribution is -2.24. The van der Waals surface area contributed by atoms with Crippen molar-refractivity contribution >= 4 is 19.8 Å². The third-order valence-corrected chi connectivity index (χ3v) is 11.4. The van der Waals surface area contributed by atoms with Gasteiger partial charge in [0.15, 0.2) is 0 Å². The molecule has 57 heavy (non-hydrogen) atoms. The monoisotopic (exact) mass is 822 g/mol. The molecule has 14 heteroatoms. The van der Waals surface area contributed by atoms with E-state index >= 15 is 0 Å². The zero-order valence-corrected chi connectivity index (χ0v) is 36.8. The third-order valence-electron chi connectivity index (χ3n) is 9.34. The van der Waals surface area contributed by atoms with Crippen LogP contribution in [0.1, 0.15) is 167 Å². The Labute approximate surface area is 344 Å². The first-order valence-corrected chi connectivity index (χ1v) is 23.8. The van der Waals surface area contributed by atoms with Crippen molar-refractivity contribution in [2.45, 2.75) is 163 Å². The normalized spacial score (nSPS) is 11.8. The van der Waals surface area contributed by atoms with Crippen LogP contribution in [-0.2, 0) is 29.7 Å². The topological polar surface area (TPSA) is 145 Å². The number of rotatable bonds is 38. The van der Waals surface area contributed by atoms with Crippen LogP contribution in [0.5, 0.6) is 11.5 Å². The van der Waals surface area contributed by atoms with Gasteiger partial charge in [-0.25, -0.2) is 10.2 Å². The van der Waals surface area contributed by atoms with Crippen LogP contribution >= 0.6 is 7.60 Å². The molecule has 0 fully saturated rings. The lowest BCUT2D eigenvalue weighted by atomic mass is 10.1. The number of amides is 1. The summed E-state index contributed by atoms with van der Waals surface area (Å²) >= 11 is 0. The van der Waals surface area contributed by atoms with Gasteiger partial charge in [-0.1, -0.05) is 135 Å². The summed E-state index contributed by atoms with van der Waals surface area (Å²) in [5.41, 5.74) is 3.73. The van der Waals surface area contributed by atoms with Gasteiger partial charge in [0, 0.05) is 11.6 Å². The van der Waals surface area contributed by atoms with Gasteiger partial charge in [0.1, 0.15) is 17.2 Å². The molecule has 1 amide bonds. The molecule has 0 spiro atoms. The van der Waals surface area contributed by atoms with Crippen LogP contribution < -0.4 is 14.9 Å². The number of hydrogen-bond acceptors (Lipinski definition) is 11. The van der Waals surface area contributed by atoms with Gasteiger partial charge in [-0.05, 0) is 38.8 Å². The molecule has 0 aliphatic rings. The van der Waals surface area contributed by atoms with Crippen LogP contribution in [0.3, 0.4) is 0 Å². The highest BCUT2D eigenvalue weighted by atomic mass is 31.2. The van der Waals surface area contributed by atoms with E-state index in [9.17, 15) is 9.36 Å². The van der Waals surface area contributed by atoms with Gasteiger partial charge >= 0.3 is 13.6 Å². The summed E-state index contributed by atoms with van der Waals surface area (Å²) in [6.45, 7) is 10.9. The maximum atomic E-state index is 12.7. The zero-order valence-electron chi connectivity index (χ0n) is 35.9. The van der Waals surface area contributed by atoms with Gasteiger partial charge in [0.25, 0.3) is 0 Å². The molecule has 0 saturated carbocycles. The molecule has 1 N–H and O–H groups in total. The molecule has 0 atom stereocenters. The first kappa shape index (κ1) is 50.3. The molecular weight excluding hydrogens is 745 g/mol. The minimum absolute atomic E-state index is 0.143. The van der Waals surface area contributed by atoms with Crippen molar-refractivity contribution in [1.29, 1.82) is 0 Å². The highest BCUT2D eigenvalue weighted by Gasteiger charge is 2.22. The van der Waals surface area contributed by atoms with E-state index in [4.69, 9.17) is 28.0 Å². The van der Waals surface area contributed by atoms with Crippen molar-refractivity contribution in [2.75, 3.05) is 52.4 Å². The van der Waals surface area contributed by atoms with Gasteiger partial charge < -0.3 is 28.0 Å². The summed E-state index contributed by atoms with van der Waals surface area (Å²) in [7, 11) is -3.13. The van der Waals surface area contributed by atoms with E-state index in [1.807, 2.05) is 18.2 Å². The second-order valence-corrected chi connectivity index (χ2v) is 16.6. The number of aromatic nitrogens is 3. The standard InChI is InChI=1S/C43H76N5O8P/c1-5-9-11-13-15-17-19-21-23-25-27-53-41-33-39(34-42(35-41)54-28-26-24-22-20-18-16-14-12-10-6-2)36-44-46-43(49)48-37-40(45-47-48)38-52-30-29-51-31-32-57(50,55-7-3)56-8-4/h33-37H,5-32,38H2,1-4H3,(H,46,49)/b44-36+. The summed E-state index contributed by atoms with van der Waals surface area (Å²) in [6, 6.07) is 5.19. The Kier molecular flexibility index (Phi) is 30.1. The fourth-order valence-electron chi connectivity index (χ4n) is 6.20. The van der Waals surface area contributed by atoms with E-state index in [-0.39, 0.29) is 26.0 Å². The van der Waals surface area contributed by atoms with E-state index in [1.165, 1.54) is 109 Å². The van der Waals surface area contributed by atoms with E-state index in [1.54, 1.807) is 20.1 Å². The molecular formula is C43H76N5O8P. The number of nitrogens with zero attached hydrogens (tertiary/aromatic N) is 4. The summed E-state index contributed by atoms with van der Waals surface area (Å²) in [6.07, 6.45) is 28.7. The Morgan fingerprint density at radius 3 is 1.67 bits per heavy atom. The molecule has 0 unspecified atom stereocenters. The smallest absolute Gasteiger partial charge is 0.363 e. The Morgan fingerprint density at radius 2 is 1.16 bits per heavy atom. The number of unbranched alkanes of at least 4 members (excludes halogenated alkanes) is 18. The van der Waals surface area contributed by atoms with Crippen molar-refractivity contribution in [3.05, 3.63) is 35.7 Å². The van der Waals surface area contributed by atoms with Crippen LogP contribution in [0.25, 0.3) is 0 Å². The average Bonchev–Trinajstić information content (AvgIpc) is 3.68. The predicted octanol–water partition coefficient (Wildman–Crippen LogP) is 11.3. The zero-order chi connectivity index (χ0) is 41.1. The molecule has 13 nitrogen and oxygen atoms in total. The molecule has 0 radical (unpaired) electrons. The average molecular weight is 822 g/mol. The second-order valence-electron chi connectivity index (χ2n) is 14.5. The minimum Gasteiger partial charge on any atom is -0.493 e. The molecule has 326 valence electrons. The van der Waals surface area contributed by atoms with Crippen LogP contribution in [-0.4, -0.2) is 79.6 Å². The molecule has 1 aromatic heterocycles. The number of hydrogen-bond donors (Lipinski definition) is 1. The predicted molar refractivity (Wildman–Crippen MR) is 229 cm³/mol. The maximum Gasteiger partial charge on any atom is 0.363 e. The third kappa shape index (κ3) is 26.0. The number of carbonyl (C=O) groups excluding carboxylic acids is 1. The summed E-state index contributed by atoms with van der Waals surface area (Å²) < 4.78 is 47.5. The van der Waals surface area contributed by atoms with E-state index in [2.05, 4.69) is 34.7 Å². The number of nitrogens with one attached hydrogen (secondary N) is 1. The maximum absolute atomic E-state index is 12.7. The van der Waals surface area contributed by atoms with E-state index in [0.717, 1.165) is 47.4 Å². The Bertz CT molecular complexity index is 1310. The molecule has 2 rings (SSSR count). The van der Waals surface area contributed by atoms with Crippen LogP contribution in [0.2, 0.25) is 0 Å². The first-order chi connectivity index (χ1) is 27.9. The number of benzene rings is 1. The molecule has 2 aromatic rings. The van der Waals surface area contributed by atoms with Crippen molar-refractivity contribution < 1.29 is 37.4 Å². The molecule has 0 saturated heterocycles. The fourth-order valence-corrected chi connectivity index (χ4v) is 7.68. The highest BCUT2D eigenvalue weighted by Crippen LogP contribution is 2.47. The van der Waals surface area contributed by atoms with Gasteiger partial charge in [-0.2, -0.15) is 9.78 Å². The lowest BCUT2D eigenvalue weighted by molar-refractivity contribution is 0.0431. The molecule has 1 heterocycles. The number of hydrazone groups is 1. The second kappa shape index (κ2) is 34.1. The Hall–Kier alpha value is -2.83. The van der Waals surface area contributed by atoms with Crippen molar-refractivity contribution in [3.8, 4) is 11.5 Å². The van der Waals surface area contributed by atoms with Crippen molar-refractivity contribution in [3.63, 3.8) is 0 Å². The summed E-state index contributed by atoms with van der Waals surface area (Å²) in [5.74, 6) is 1.45. The van der Waals surface area contributed by atoms with Gasteiger partial charge in [0.2, 0.25) is 0 Å². The first-order valence-electron chi connectivity index (χ1n) is 22.1. The fraction of sp³-hybridized carbons (Fsp3) is 0.767. The SMILES string of the molecule is CCCCCCCCCCCCOc1cc(/C=N/NC(=O)n2cc(COCCOCCP(=O)(OCC)OCC)nn2)cc(OCCCCCCCCCCCC)c1. The molecule has 0 aliphatic carbocycles. The minimum atomic E-state index is -3.13. The van der Waals surface area contributed by atoms with E-state index < -0.39 is 13.6 Å². The van der Waals surface area contributed by atoms with Crippen LogP contribution in [0.4, 0.5) is 4.79 Å². The van der Waals surface area contributed by atoms with Crippen molar-refractivity contribution in [1.82, 2.24) is 20.4 Å². The molecule has 0 aliphatic heterocycles. The van der Waals surface area contributed by atoms with Gasteiger partial charge in [-0.15, -0.1) is 5.10 Å². The highest BCUT2D eigenvalue weighted by molar-refractivity contribution is 7.53. The Morgan fingerprint density at radius 1 is 0.667 bits per heavy atom. The molecule has 0 bridgehead atoms. The van der Waals surface area contributed by atoms with E-state index in [0.29, 0.717) is 38.7 Å². The van der Waals surface area contributed by atoms with Crippen LogP contribution in [0.15, 0.2) is 29.5 Å². The van der Waals surface area contributed by atoms with Gasteiger partial charge in [-0.3, -0.25) is 4.57 Å². The Balaban J connectivity index is 1.80. The lowest BCUT2D eigenvalue weighted by Gasteiger charge is -2.16. The largest absolute Gasteiger partial charge is 0.493 e. The number of ether oxygens (including phenoxy) is 4. The summed E-state index contributed by atoms with van der Waals surface area (Å²) in [4.78, 5) is 12.7. The van der Waals surface area contributed by atoms with Crippen molar-refractivity contribution in [2.24, 2.45) is 5.10 Å². The molecule has 1 aromatic carbocycles.